The van der Waals surface area contributed by atoms with Gasteiger partial charge in [-0.1, -0.05) is 18.9 Å². The molecule has 9 heteroatoms. The molecule has 5 N–H and O–H groups in total. The number of anilines is 2. The molecule has 2 aromatic rings. The Kier molecular flexibility index (Phi) is 5.79. The number of rotatable bonds is 6. The first-order chi connectivity index (χ1) is 13.1. The lowest BCUT2D eigenvalue weighted by Gasteiger charge is -2.26. The predicted molar refractivity (Wildman–Crippen MR) is 101 cm³/mol. The SMILES string of the molecule is N#CC1CCCCC1n1cc(C(N)=O)c(Nc2ccc([B]O)c(CO)c2)n1. The molecule has 1 aliphatic rings. The van der Waals surface area contributed by atoms with E-state index < -0.39 is 5.91 Å². The highest BCUT2D eigenvalue weighted by Gasteiger charge is 2.28. The maximum atomic E-state index is 11.9. The van der Waals surface area contributed by atoms with Gasteiger partial charge in [0.15, 0.2) is 5.82 Å². The van der Waals surface area contributed by atoms with Gasteiger partial charge in [-0.2, -0.15) is 10.4 Å². The molecule has 2 unspecified atom stereocenters. The van der Waals surface area contributed by atoms with Gasteiger partial charge >= 0.3 is 7.48 Å². The van der Waals surface area contributed by atoms with Crippen LogP contribution in [0.2, 0.25) is 0 Å². The monoisotopic (exact) mass is 366 g/mol. The minimum Gasteiger partial charge on any atom is -0.450 e. The number of nitrogens with zero attached hydrogens (tertiary/aromatic N) is 3. The zero-order valence-corrected chi connectivity index (χ0v) is 14.8. The number of aliphatic hydroxyl groups is 1. The van der Waals surface area contributed by atoms with Crippen molar-refractivity contribution in [2.24, 2.45) is 11.7 Å². The van der Waals surface area contributed by atoms with E-state index in [1.807, 2.05) is 0 Å². The number of aliphatic hydroxyl groups excluding tert-OH is 1. The number of aromatic nitrogens is 2. The summed E-state index contributed by atoms with van der Waals surface area (Å²) in [5.74, 6) is -0.460. The molecule has 27 heavy (non-hydrogen) atoms. The lowest BCUT2D eigenvalue weighted by atomic mass is 9.84. The molecule has 0 aliphatic heterocycles. The third-order valence-corrected chi connectivity index (χ3v) is 4.95. The number of hydrogen-bond donors (Lipinski definition) is 4. The van der Waals surface area contributed by atoms with Gasteiger partial charge in [-0.3, -0.25) is 9.48 Å². The lowest BCUT2D eigenvalue weighted by Crippen LogP contribution is -2.22. The van der Waals surface area contributed by atoms with Crippen molar-refractivity contribution in [1.29, 1.82) is 5.26 Å². The quantitative estimate of drug-likeness (QED) is 0.556. The highest BCUT2D eigenvalue weighted by atomic mass is 16.3. The van der Waals surface area contributed by atoms with Gasteiger partial charge < -0.3 is 21.2 Å². The summed E-state index contributed by atoms with van der Waals surface area (Å²) < 4.78 is 1.66. The molecule has 0 bridgehead atoms. The minimum absolute atomic E-state index is 0.0863. The second-order valence-electron chi connectivity index (χ2n) is 6.65. The zero-order chi connectivity index (χ0) is 19.4. The number of benzene rings is 1. The molecule has 0 spiro atoms. The van der Waals surface area contributed by atoms with Crippen LogP contribution in [-0.4, -0.2) is 33.3 Å². The van der Waals surface area contributed by atoms with E-state index >= 15 is 0 Å². The van der Waals surface area contributed by atoms with E-state index in [2.05, 4.69) is 16.5 Å². The minimum atomic E-state index is -0.615. The van der Waals surface area contributed by atoms with Crippen LogP contribution in [0.1, 0.15) is 47.6 Å². The summed E-state index contributed by atoms with van der Waals surface area (Å²) in [5, 5.41) is 35.5. The van der Waals surface area contributed by atoms with Crippen LogP contribution in [0, 0.1) is 17.2 Å². The molecular weight excluding hydrogens is 345 g/mol. The summed E-state index contributed by atoms with van der Waals surface area (Å²) in [7, 11) is 0.921. The molecular formula is C18H21BN5O3. The molecule has 8 nitrogen and oxygen atoms in total. The van der Waals surface area contributed by atoms with Crippen molar-refractivity contribution < 1.29 is 14.9 Å². The molecule has 1 aromatic heterocycles. The highest BCUT2D eigenvalue weighted by Crippen LogP contribution is 2.34. The van der Waals surface area contributed by atoms with Crippen molar-refractivity contribution in [3.05, 3.63) is 35.5 Å². The van der Waals surface area contributed by atoms with E-state index in [4.69, 9.17) is 5.73 Å². The van der Waals surface area contributed by atoms with Crippen LogP contribution in [0.3, 0.4) is 0 Å². The van der Waals surface area contributed by atoms with Crippen LogP contribution in [0.25, 0.3) is 0 Å². The number of nitrogens with two attached hydrogens (primary N) is 1. The second-order valence-corrected chi connectivity index (χ2v) is 6.65. The Balaban J connectivity index is 1.92. The van der Waals surface area contributed by atoms with Gasteiger partial charge in [-0.05, 0) is 36.0 Å². The molecule has 1 radical (unpaired) electrons. The molecule has 1 amide bonds. The van der Waals surface area contributed by atoms with Gasteiger partial charge in [0.2, 0.25) is 0 Å². The Morgan fingerprint density at radius 1 is 1.44 bits per heavy atom. The molecule has 1 heterocycles. The van der Waals surface area contributed by atoms with Crippen LogP contribution < -0.4 is 16.5 Å². The van der Waals surface area contributed by atoms with Crippen molar-refractivity contribution in [2.45, 2.75) is 38.3 Å². The van der Waals surface area contributed by atoms with Crippen molar-refractivity contribution in [3.8, 4) is 6.07 Å². The number of nitriles is 1. The van der Waals surface area contributed by atoms with E-state index in [9.17, 15) is 20.2 Å². The maximum absolute atomic E-state index is 11.9. The molecule has 0 saturated heterocycles. The molecule has 1 aromatic carbocycles. The zero-order valence-electron chi connectivity index (χ0n) is 14.8. The summed E-state index contributed by atoms with van der Waals surface area (Å²) in [6.45, 7) is -0.245. The fraction of sp³-hybridized carbons (Fsp3) is 0.389. The Labute approximate surface area is 157 Å². The average molecular weight is 366 g/mol. The summed E-state index contributed by atoms with van der Waals surface area (Å²) >= 11 is 0. The predicted octanol–water partition coefficient (Wildman–Crippen LogP) is 0.710. The van der Waals surface area contributed by atoms with E-state index in [0.717, 1.165) is 33.2 Å². The molecule has 3 rings (SSSR count). The van der Waals surface area contributed by atoms with Crippen LogP contribution >= 0.6 is 0 Å². The smallest absolute Gasteiger partial charge is 0.327 e. The van der Waals surface area contributed by atoms with Gasteiger partial charge in [-0.25, -0.2) is 0 Å². The lowest BCUT2D eigenvalue weighted by molar-refractivity contribution is 0.100. The number of nitrogens with one attached hydrogen (secondary N) is 1. The Morgan fingerprint density at radius 2 is 2.22 bits per heavy atom. The van der Waals surface area contributed by atoms with Crippen LogP contribution in [0.5, 0.6) is 0 Å². The largest absolute Gasteiger partial charge is 0.450 e. The van der Waals surface area contributed by atoms with Crippen LogP contribution in [-0.2, 0) is 6.61 Å². The van der Waals surface area contributed by atoms with Crippen molar-refractivity contribution >= 4 is 30.4 Å². The first kappa shape index (κ1) is 19.0. The van der Waals surface area contributed by atoms with Gasteiger partial charge in [-0.15, -0.1) is 0 Å². The first-order valence-electron chi connectivity index (χ1n) is 8.84. The van der Waals surface area contributed by atoms with Gasteiger partial charge in [0, 0.05) is 11.9 Å². The van der Waals surface area contributed by atoms with E-state index in [1.165, 1.54) is 0 Å². The fourth-order valence-electron chi connectivity index (χ4n) is 3.50. The Bertz CT molecular complexity index is 876. The number of carbonyl (C=O) groups is 1. The Morgan fingerprint density at radius 3 is 2.89 bits per heavy atom. The van der Waals surface area contributed by atoms with Crippen LogP contribution in [0.4, 0.5) is 11.5 Å². The second kappa shape index (κ2) is 8.25. The van der Waals surface area contributed by atoms with E-state index in [1.54, 1.807) is 29.1 Å². The first-order valence-corrected chi connectivity index (χ1v) is 8.84. The summed E-state index contributed by atoms with van der Waals surface area (Å²) in [6, 6.07) is 7.25. The Hall–Kier alpha value is -2.83. The third kappa shape index (κ3) is 3.97. The maximum Gasteiger partial charge on any atom is 0.327 e. The molecule has 1 saturated carbocycles. The fourth-order valence-corrected chi connectivity index (χ4v) is 3.50. The van der Waals surface area contributed by atoms with Gasteiger partial charge in [0.1, 0.15) is 5.56 Å². The van der Waals surface area contributed by atoms with Crippen LogP contribution in [0.15, 0.2) is 24.4 Å². The average Bonchev–Trinajstić information content (AvgIpc) is 3.11. The number of primary amides is 1. The highest BCUT2D eigenvalue weighted by molar-refractivity contribution is 6.46. The van der Waals surface area contributed by atoms with Crippen molar-refractivity contribution in [1.82, 2.24) is 9.78 Å². The molecule has 139 valence electrons. The molecule has 1 aliphatic carbocycles. The van der Waals surface area contributed by atoms with E-state index in [-0.39, 0.29) is 24.1 Å². The summed E-state index contributed by atoms with van der Waals surface area (Å²) in [5.41, 5.74) is 7.37. The van der Waals surface area contributed by atoms with Crippen molar-refractivity contribution in [3.63, 3.8) is 0 Å². The standard InChI is InChI=1S/C18H21BN5O3/c20-8-11-3-1-2-4-16(11)24-9-14(17(21)26)18(23-24)22-13-5-6-15(19-27)12(7-13)10-25/h5-7,9,11,16,25,27H,1-4,10H2,(H2,21,26)(H,22,23). The third-order valence-electron chi connectivity index (χ3n) is 4.95. The number of amides is 1. The normalized spacial score (nSPS) is 19.3. The number of hydrogen-bond acceptors (Lipinski definition) is 6. The van der Waals surface area contributed by atoms with Gasteiger partial charge in [0.25, 0.3) is 5.91 Å². The van der Waals surface area contributed by atoms with Crippen molar-refractivity contribution in [2.75, 3.05) is 5.32 Å². The summed E-state index contributed by atoms with van der Waals surface area (Å²) in [6.07, 6.45) is 5.26. The topological polar surface area (TPSA) is 137 Å². The number of carbonyl (C=O) groups excluding carboxylic acids is 1. The molecule has 2 atom stereocenters. The summed E-state index contributed by atoms with van der Waals surface area (Å²) in [4.78, 5) is 11.9. The van der Waals surface area contributed by atoms with E-state index in [0.29, 0.717) is 22.5 Å². The van der Waals surface area contributed by atoms with Gasteiger partial charge in [0.05, 0.1) is 24.6 Å². The molecule has 1 fully saturated rings.